The SMILES string of the molecule is Cc1nc(Nc2ccc(Cl)cn2)sc1C(=O)N1CCOCC1. The molecule has 116 valence electrons. The first-order chi connectivity index (χ1) is 10.6. The molecule has 0 radical (unpaired) electrons. The van der Waals surface area contributed by atoms with Crippen molar-refractivity contribution in [1.29, 1.82) is 0 Å². The van der Waals surface area contributed by atoms with Crippen LogP contribution in [0.1, 0.15) is 15.4 Å². The average molecular weight is 339 g/mol. The molecule has 8 heteroatoms. The van der Waals surface area contributed by atoms with E-state index in [0.717, 1.165) is 5.69 Å². The van der Waals surface area contributed by atoms with Crippen molar-refractivity contribution in [3.63, 3.8) is 0 Å². The van der Waals surface area contributed by atoms with Crippen molar-refractivity contribution in [2.75, 3.05) is 31.6 Å². The van der Waals surface area contributed by atoms with E-state index < -0.39 is 0 Å². The molecular formula is C14H15ClN4O2S. The van der Waals surface area contributed by atoms with Gasteiger partial charge in [-0.1, -0.05) is 22.9 Å². The lowest BCUT2D eigenvalue weighted by Gasteiger charge is -2.26. The van der Waals surface area contributed by atoms with Crippen molar-refractivity contribution < 1.29 is 9.53 Å². The van der Waals surface area contributed by atoms with Gasteiger partial charge in [-0.2, -0.15) is 0 Å². The van der Waals surface area contributed by atoms with Crippen LogP contribution in [0.15, 0.2) is 18.3 Å². The molecule has 1 amide bonds. The number of nitrogens with one attached hydrogen (secondary N) is 1. The van der Waals surface area contributed by atoms with Gasteiger partial charge in [0.25, 0.3) is 5.91 Å². The van der Waals surface area contributed by atoms with Crippen molar-refractivity contribution >= 4 is 39.8 Å². The van der Waals surface area contributed by atoms with Crippen molar-refractivity contribution in [1.82, 2.24) is 14.9 Å². The van der Waals surface area contributed by atoms with Gasteiger partial charge in [-0.15, -0.1) is 0 Å². The van der Waals surface area contributed by atoms with Gasteiger partial charge in [0.15, 0.2) is 5.13 Å². The van der Waals surface area contributed by atoms with Crippen LogP contribution in [0.25, 0.3) is 0 Å². The molecule has 0 spiro atoms. The van der Waals surface area contributed by atoms with E-state index in [1.54, 1.807) is 23.2 Å². The second kappa shape index (κ2) is 6.60. The lowest BCUT2D eigenvalue weighted by molar-refractivity contribution is 0.0305. The van der Waals surface area contributed by atoms with Gasteiger partial charge in [0.1, 0.15) is 10.7 Å². The predicted octanol–water partition coefficient (Wildman–Crippen LogP) is 2.72. The highest BCUT2D eigenvalue weighted by Crippen LogP contribution is 2.26. The molecule has 3 rings (SSSR count). The van der Waals surface area contributed by atoms with E-state index in [2.05, 4.69) is 15.3 Å². The third-order valence-corrected chi connectivity index (χ3v) is 4.54. The Morgan fingerprint density at radius 3 is 2.86 bits per heavy atom. The van der Waals surface area contributed by atoms with Crippen LogP contribution in [0.3, 0.4) is 0 Å². The number of carbonyl (C=O) groups excluding carboxylic acids is 1. The molecule has 3 heterocycles. The van der Waals surface area contributed by atoms with E-state index in [1.165, 1.54) is 11.3 Å². The van der Waals surface area contributed by atoms with Crippen molar-refractivity contribution in [3.8, 4) is 0 Å². The van der Waals surface area contributed by atoms with Crippen LogP contribution in [-0.2, 0) is 4.74 Å². The molecule has 2 aromatic heterocycles. The number of amides is 1. The molecule has 0 saturated carbocycles. The number of rotatable bonds is 3. The first-order valence-electron chi connectivity index (χ1n) is 6.86. The van der Waals surface area contributed by atoms with E-state index in [9.17, 15) is 4.79 Å². The fourth-order valence-electron chi connectivity index (χ4n) is 2.12. The summed E-state index contributed by atoms with van der Waals surface area (Å²) in [5.41, 5.74) is 0.720. The van der Waals surface area contributed by atoms with Gasteiger partial charge in [0.2, 0.25) is 0 Å². The second-order valence-electron chi connectivity index (χ2n) is 4.82. The fraction of sp³-hybridized carbons (Fsp3) is 0.357. The zero-order chi connectivity index (χ0) is 15.5. The number of thiazole rings is 1. The molecule has 1 N–H and O–H groups in total. The maximum atomic E-state index is 12.5. The Kier molecular flexibility index (Phi) is 4.56. The fourth-order valence-corrected chi connectivity index (χ4v) is 3.17. The quantitative estimate of drug-likeness (QED) is 0.932. The first kappa shape index (κ1) is 15.2. The molecule has 1 aliphatic heterocycles. The van der Waals surface area contributed by atoms with E-state index in [1.807, 2.05) is 6.92 Å². The Balaban J connectivity index is 1.75. The van der Waals surface area contributed by atoms with Crippen LogP contribution in [0.5, 0.6) is 0 Å². The summed E-state index contributed by atoms with van der Waals surface area (Å²) in [5.74, 6) is 0.652. The van der Waals surface area contributed by atoms with Gasteiger partial charge in [-0.25, -0.2) is 9.97 Å². The lowest BCUT2D eigenvalue weighted by atomic mass is 10.3. The molecule has 1 fully saturated rings. The standard InChI is InChI=1S/C14H15ClN4O2S/c1-9-12(13(20)19-4-6-21-7-5-19)22-14(17-9)18-11-3-2-10(15)8-16-11/h2-3,8H,4-7H2,1H3,(H,16,17,18). The zero-order valence-corrected chi connectivity index (χ0v) is 13.6. The number of hydrogen-bond acceptors (Lipinski definition) is 6. The summed E-state index contributed by atoms with van der Waals surface area (Å²) in [7, 11) is 0. The summed E-state index contributed by atoms with van der Waals surface area (Å²) in [5, 5.41) is 4.31. The maximum absolute atomic E-state index is 12.5. The van der Waals surface area contributed by atoms with Crippen LogP contribution >= 0.6 is 22.9 Å². The molecule has 1 saturated heterocycles. The van der Waals surface area contributed by atoms with Crippen LogP contribution in [0.4, 0.5) is 10.9 Å². The highest BCUT2D eigenvalue weighted by Gasteiger charge is 2.23. The number of morpholine rings is 1. The molecule has 1 aliphatic rings. The monoisotopic (exact) mass is 338 g/mol. The number of hydrogen-bond donors (Lipinski definition) is 1. The summed E-state index contributed by atoms with van der Waals surface area (Å²) in [6, 6.07) is 3.51. The van der Waals surface area contributed by atoms with Crippen LogP contribution in [0.2, 0.25) is 5.02 Å². The number of nitrogens with zero attached hydrogens (tertiary/aromatic N) is 3. The number of aromatic nitrogens is 2. The summed E-state index contributed by atoms with van der Waals surface area (Å²) in [4.78, 5) is 23.5. The van der Waals surface area contributed by atoms with E-state index in [-0.39, 0.29) is 5.91 Å². The number of ether oxygens (including phenoxy) is 1. The lowest BCUT2D eigenvalue weighted by Crippen LogP contribution is -2.40. The number of anilines is 2. The maximum Gasteiger partial charge on any atom is 0.266 e. The molecule has 0 aliphatic carbocycles. The molecular weight excluding hydrogens is 324 g/mol. The molecule has 0 aromatic carbocycles. The van der Waals surface area contributed by atoms with Crippen LogP contribution in [-0.4, -0.2) is 47.1 Å². The highest BCUT2D eigenvalue weighted by molar-refractivity contribution is 7.17. The Bertz CT molecular complexity index is 668. The van der Waals surface area contributed by atoms with Gasteiger partial charge >= 0.3 is 0 Å². The predicted molar refractivity (Wildman–Crippen MR) is 86.1 cm³/mol. The molecule has 0 bridgehead atoms. The summed E-state index contributed by atoms with van der Waals surface area (Å²) >= 11 is 7.14. The topological polar surface area (TPSA) is 67.4 Å². The van der Waals surface area contributed by atoms with E-state index >= 15 is 0 Å². The normalized spacial score (nSPS) is 14.9. The number of pyridine rings is 1. The van der Waals surface area contributed by atoms with Gasteiger partial charge in [0.05, 0.1) is 23.9 Å². The van der Waals surface area contributed by atoms with Crippen LogP contribution < -0.4 is 5.32 Å². The minimum Gasteiger partial charge on any atom is -0.378 e. The van der Waals surface area contributed by atoms with Gasteiger partial charge in [-0.05, 0) is 19.1 Å². The number of halogens is 1. The second-order valence-corrected chi connectivity index (χ2v) is 6.26. The Labute approximate surface area is 137 Å². The minimum absolute atomic E-state index is 0.00964. The summed E-state index contributed by atoms with van der Waals surface area (Å²) < 4.78 is 5.27. The molecule has 0 unspecified atom stereocenters. The van der Waals surface area contributed by atoms with Crippen molar-refractivity contribution in [3.05, 3.63) is 33.9 Å². The first-order valence-corrected chi connectivity index (χ1v) is 8.06. The molecule has 0 atom stereocenters. The Morgan fingerprint density at radius 1 is 1.41 bits per heavy atom. The van der Waals surface area contributed by atoms with Gasteiger partial charge in [-0.3, -0.25) is 4.79 Å². The Hall–Kier alpha value is -1.70. The largest absolute Gasteiger partial charge is 0.378 e. The smallest absolute Gasteiger partial charge is 0.266 e. The third kappa shape index (κ3) is 3.37. The third-order valence-electron chi connectivity index (χ3n) is 3.25. The van der Waals surface area contributed by atoms with Crippen molar-refractivity contribution in [2.24, 2.45) is 0 Å². The number of aryl methyl sites for hydroxylation is 1. The highest BCUT2D eigenvalue weighted by atomic mass is 35.5. The van der Waals surface area contributed by atoms with Crippen LogP contribution in [0, 0.1) is 6.92 Å². The molecule has 22 heavy (non-hydrogen) atoms. The van der Waals surface area contributed by atoms with Gasteiger partial charge < -0.3 is 15.0 Å². The van der Waals surface area contributed by atoms with Crippen molar-refractivity contribution in [2.45, 2.75) is 6.92 Å². The zero-order valence-electron chi connectivity index (χ0n) is 12.0. The Morgan fingerprint density at radius 2 is 2.18 bits per heavy atom. The average Bonchev–Trinajstić information content (AvgIpc) is 2.90. The van der Waals surface area contributed by atoms with Gasteiger partial charge in [0, 0.05) is 19.3 Å². The van der Waals surface area contributed by atoms with E-state index in [4.69, 9.17) is 16.3 Å². The number of carbonyl (C=O) groups is 1. The summed E-state index contributed by atoms with van der Waals surface area (Å²) in [6.07, 6.45) is 1.56. The van der Waals surface area contributed by atoms with E-state index in [0.29, 0.717) is 47.2 Å². The summed E-state index contributed by atoms with van der Waals surface area (Å²) in [6.45, 7) is 4.26. The molecule has 2 aromatic rings. The molecule has 6 nitrogen and oxygen atoms in total. The minimum atomic E-state index is 0.00964.